The minimum atomic E-state index is 0. The van der Waals surface area contributed by atoms with Gasteiger partial charge < -0.3 is 4.90 Å². The average molecular weight is 181 g/mol. The zero-order valence-corrected chi connectivity index (χ0v) is 8.59. The lowest BCUT2D eigenvalue weighted by Crippen LogP contribution is -2.25. The van der Waals surface area contributed by atoms with Crippen LogP contribution in [0, 0.1) is 0 Å². The molecule has 2 rings (SSSR count). The molecule has 0 amide bonds. The molecular formula is C10H19N3. The number of anilines is 1. The molecule has 3 heteroatoms. The summed E-state index contributed by atoms with van der Waals surface area (Å²) in [5, 5.41) is 7.53. The van der Waals surface area contributed by atoms with Gasteiger partial charge in [0.25, 0.3) is 0 Å². The fourth-order valence-electron chi connectivity index (χ4n) is 2.00. The van der Waals surface area contributed by atoms with Gasteiger partial charge in [0, 0.05) is 15.0 Å². The summed E-state index contributed by atoms with van der Waals surface area (Å²) >= 11 is 0. The molecule has 0 aromatic carbocycles. The summed E-state index contributed by atoms with van der Waals surface area (Å²) in [5.41, 5.74) is 3.89. The van der Waals surface area contributed by atoms with E-state index in [-0.39, 0.29) is 1.43 Å². The number of hydrogen-bond donors (Lipinski definition) is 1. The SMILES string of the molecule is CC(C)c1n[nH]c2c1N(C)CCC2.[HH]. The van der Waals surface area contributed by atoms with Crippen LogP contribution in [0.15, 0.2) is 0 Å². The summed E-state index contributed by atoms with van der Waals surface area (Å²) in [6.45, 7) is 5.55. The van der Waals surface area contributed by atoms with Gasteiger partial charge in [0.1, 0.15) is 0 Å². The summed E-state index contributed by atoms with van der Waals surface area (Å²) in [6.07, 6.45) is 2.39. The van der Waals surface area contributed by atoms with Gasteiger partial charge in [0.05, 0.1) is 17.1 Å². The topological polar surface area (TPSA) is 31.9 Å². The average Bonchev–Trinajstić information content (AvgIpc) is 2.49. The van der Waals surface area contributed by atoms with E-state index in [0.29, 0.717) is 5.92 Å². The molecule has 1 aromatic rings. The van der Waals surface area contributed by atoms with Crippen LogP contribution in [0.3, 0.4) is 0 Å². The first kappa shape index (κ1) is 8.60. The normalized spacial score (nSPS) is 16.5. The fourth-order valence-corrected chi connectivity index (χ4v) is 2.00. The second-order valence-electron chi connectivity index (χ2n) is 4.12. The second-order valence-corrected chi connectivity index (χ2v) is 4.12. The maximum Gasteiger partial charge on any atom is 0.0883 e. The van der Waals surface area contributed by atoms with Crippen molar-refractivity contribution < 1.29 is 1.43 Å². The molecule has 1 aliphatic heterocycles. The number of aromatic amines is 1. The highest BCUT2D eigenvalue weighted by Gasteiger charge is 2.21. The van der Waals surface area contributed by atoms with Crippen molar-refractivity contribution >= 4 is 5.69 Å². The van der Waals surface area contributed by atoms with E-state index in [4.69, 9.17) is 0 Å². The number of aromatic nitrogens is 2. The third kappa shape index (κ3) is 1.32. The first-order valence-corrected chi connectivity index (χ1v) is 4.98. The van der Waals surface area contributed by atoms with Crippen molar-refractivity contribution in [1.29, 1.82) is 0 Å². The number of hydrogen-bond acceptors (Lipinski definition) is 2. The molecule has 1 aromatic heterocycles. The summed E-state index contributed by atoms with van der Waals surface area (Å²) in [5.74, 6) is 0.514. The molecule has 3 nitrogen and oxygen atoms in total. The van der Waals surface area contributed by atoms with Crippen LogP contribution in [-0.2, 0) is 6.42 Å². The van der Waals surface area contributed by atoms with Crippen LogP contribution >= 0.6 is 0 Å². The lowest BCUT2D eigenvalue weighted by molar-refractivity contribution is 0.726. The van der Waals surface area contributed by atoms with Crippen LogP contribution in [0.4, 0.5) is 5.69 Å². The molecule has 0 saturated carbocycles. The minimum absolute atomic E-state index is 0. The molecule has 1 aliphatic rings. The predicted octanol–water partition coefficient (Wildman–Crippen LogP) is 2.16. The molecule has 0 fully saturated rings. The van der Waals surface area contributed by atoms with Crippen molar-refractivity contribution in [2.75, 3.05) is 18.5 Å². The molecule has 13 heavy (non-hydrogen) atoms. The fraction of sp³-hybridized carbons (Fsp3) is 0.700. The van der Waals surface area contributed by atoms with Crippen molar-refractivity contribution in [1.82, 2.24) is 10.2 Å². The Morgan fingerprint density at radius 3 is 3.00 bits per heavy atom. The van der Waals surface area contributed by atoms with Gasteiger partial charge in [-0.05, 0) is 18.8 Å². The summed E-state index contributed by atoms with van der Waals surface area (Å²) in [4.78, 5) is 2.32. The Labute approximate surface area is 80.6 Å². The molecule has 2 heterocycles. The third-order valence-corrected chi connectivity index (χ3v) is 2.69. The van der Waals surface area contributed by atoms with Gasteiger partial charge in [-0.15, -0.1) is 0 Å². The van der Waals surface area contributed by atoms with Crippen LogP contribution in [0.25, 0.3) is 0 Å². The number of nitrogens with one attached hydrogen (secondary N) is 1. The molecule has 1 N–H and O–H groups in total. The Hall–Kier alpha value is -0.990. The smallest absolute Gasteiger partial charge is 0.0883 e. The van der Waals surface area contributed by atoms with Crippen LogP contribution in [0.5, 0.6) is 0 Å². The highest BCUT2D eigenvalue weighted by atomic mass is 15.2. The first-order chi connectivity index (χ1) is 6.20. The van der Waals surface area contributed by atoms with E-state index in [0.717, 1.165) is 13.0 Å². The third-order valence-electron chi connectivity index (χ3n) is 2.69. The minimum Gasteiger partial charge on any atom is -0.372 e. The van der Waals surface area contributed by atoms with Crippen molar-refractivity contribution in [3.8, 4) is 0 Å². The van der Waals surface area contributed by atoms with Crippen molar-refractivity contribution in [3.63, 3.8) is 0 Å². The van der Waals surface area contributed by atoms with E-state index in [2.05, 4.69) is 36.0 Å². The highest BCUT2D eigenvalue weighted by molar-refractivity contribution is 5.57. The molecule has 0 spiro atoms. The highest BCUT2D eigenvalue weighted by Crippen LogP contribution is 2.31. The van der Waals surface area contributed by atoms with E-state index < -0.39 is 0 Å². The molecular weight excluding hydrogens is 162 g/mol. The van der Waals surface area contributed by atoms with Crippen LogP contribution in [-0.4, -0.2) is 23.8 Å². The molecule has 0 unspecified atom stereocenters. The van der Waals surface area contributed by atoms with Gasteiger partial charge >= 0.3 is 0 Å². The number of fused-ring (bicyclic) bond motifs is 1. The zero-order valence-electron chi connectivity index (χ0n) is 8.59. The molecule has 0 radical (unpaired) electrons. The Balaban J connectivity index is 0.000000980. The van der Waals surface area contributed by atoms with Gasteiger partial charge in [-0.1, -0.05) is 13.8 Å². The molecule has 0 atom stereocenters. The first-order valence-electron chi connectivity index (χ1n) is 4.98. The molecule has 0 saturated heterocycles. The monoisotopic (exact) mass is 181 g/mol. The lowest BCUT2D eigenvalue weighted by atomic mass is 10.0. The summed E-state index contributed by atoms with van der Waals surface area (Å²) < 4.78 is 0. The maximum absolute atomic E-state index is 4.38. The van der Waals surface area contributed by atoms with E-state index in [9.17, 15) is 0 Å². The zero-order chi connectivity index (χ0) is 9.42. The van der Waals surface area contributed by atoms with Crippen molar-refractivity contribution in [2.45, 2.75) is 32.6 Å². The lowest BCUT2D eigenvalue weighted by Gasteiger charge is -2.25. The quantitative estimate of drug-likeness (QED) is 0.720. The van der Waals surface area contributed by atoms with Crippen LogP contribution in [0.1, 0.15) is 39.0 Å². The summed E-state index contributed by atoms with van der Waals surface area (Å²) in [6, 6.07) is 0. The van der Waals surface area contributed by atoms with E-state index in [1.54, 1.807) is 0 Å². The van der Waals surface area contributed by atoms with Gasteiger partial charge in [-0.3, -0.25) is 5.10 Å². The Kier molecular flexibility index (Phi) is 2.02. The number of nitrogens with zero attached hydrogens (tertiary/aromatic N) is 2. The predicted molar refractivity (Wildman–Crippen MR) is 56.4 cm³/mol. The van der Waals surface area contributed by atoms with Crippen LogP contribution < -0.4 is 4.90 Å². The Morgan fingerprint density at radius 2 is 2.31 bits per heavy atom. The summed E-state index contributed by atoms with van der Waals surface area (Å²) in [7, 11) is 2.15. The van der Waals surface area contributed by atoms with E-state index in [1.807, 2.05) is 0 Å². The number of aryl methyl sites for hydroxylation is 1. The molecule has 0 aliphatic carbocycles. The largest absolute Gasteiger partial charge is 0.372 e. The molecule has 0 bridgehead atoms. The second kappa shape index (κ2) is 3.05. The maximum atomic E-state index is 4.38. The molecule has 74 valence electrons. The van der Waals surface area contributed by atoms with Crippen molar-refractivity contribution in [2.24, 2.45) is 0 Å². The van der Waals surface area contributed by atoms with Gasteiger partial charge in [-0.25, -0.2) is 0 Å². The number of H-pyrrole nitrogens is 1. The number of rotatable bonds is 1. The standard InChI is InChI=1S/C10H17N3.H2/c1-7(2)9-10-8(11-12-9)5-4-6-13(10)3;/h7H,4-6H2,1-3H3,(H,11,12);1H. The van der Waals surface area contributed by atoms with Gasteiger partial charge in [0.2, 0.25) is 0 Å². The van der Waals surface area contributed by atoms with E-state index in [1.165, 1.54) is 23.5 Å². The Bertz CT molecular complexity index is 306. The van der Waals surface area contributed by atoms with E-state index >= 15 is 0 Å². The van der Waals surface area contributed by atoms with Crippen LogP contribution in [0.2, 0.25) is 0 Å². The van der Waals surface area contributed by atoms with Crippen molar-refractivity contribution in [3.05, 3.63) is 11.4 Å². The Morgan fingerprint density at radius 1 is 1.54 bits per heavy atom. The van der Waals surface area contributed by atoms with Gasteiger partial charge in [0.15, 0.2) is 0 Å². The van der Waals surface area contributed by atoms with Gasteiger partial charge in [-0.2, -0.15) is 5.10 Å².